The summed E-state index contributed by atoms with van der Waals surface area (Å²) in [4.78, 5) is 12.5. The topological polar surface area (TPSA) is 118 Å². The minimum Gasteiger partial charge on any atom is -0.365 e. The molecule has 0 bridgehead atoms. The van der Waals surface area contributed by atoms with Gasteiger partial charge in [-0.25, -0.2) is 16.8 Å². The molecule has 0 N–H and O–H groups in total. The fraction of sp³-hybridized carbons (Fsp3) is 0.625. The van der Waals surface area contributed by atoms with Crippen LogP contribution in [0.3, 0.4) is 0 Å². The van der Waals surface area contributed by atoms with Gasteiger partial charge in [-0.05, 0) is 25.5 Å². The SMILES string of the molecule is CCN(CC)S(=O)(=O)c1ccc(N2CC[C@H](C)S(=O)(=O)CC2)c([N+](=O)[O-])c1. The first-order chi connectivity index (χ1) is 12.5. The number of nitro groups is 1. The second kappa shape index (κ2) is 8.11. The van der Waals surface area contributed by atoms with E-state index in [-0.39, 0.29) is 41.7 Å². The first-order valence-corrected chi connectivity index (χ1v) is 11.9. The van der Waals surface area contributed by atoms with Crippen LogP contribution in [-0.2, 0) is 19.9 Å². The Balaban J connectivity index is 2.47. The van der Waals surface area contributed by atoms with Gasteiger partial charge in [-0.1, -0.05) is 13.8 Å². The van der Waals surface area contributed by atoms with Crippen molar-refractivity contribution in [3.8, 4) is 0 Å². The van der Waals surface area contributed by atoms with Gasteiger partial charge in [0.25, 0.3) is 5.69 Å². The Labute approximate surface area is 160 Å². The standard InChI is InChI=1S/C16H25N3O6S2/c1-4-18(5-2)27(24,25)14-6-7-15(16(12-14)19(20)21)17-9-8-13(3)26(22,23)11-10-17/h6-7,12-13H,4-5,8-11H2,1-3H3/t13-/m0/s1. The predicted molar refractivity (Wildman–Crippen MR) is 103 cm³/mol. The van der Waals surface area contributed by atoms with E-state index in [1.165, 1.54) is 16.4 Å². The van der Waals surface area contributed by atoms with Gasteiger partial charge in [-0.2, -0.15) is 4.31 Å². The van der Waals surface area contributed by atoms with Crippen LogP contribution in [0.4, 0.5) is 11.4 Å². The second-order valence-electron chi connectivity index (χ2n) is 6.45. The van der Waals surface area contributed by atoms with Crippen molar-refractivity contribution in [2.24, 2.45) is 0 Å². The summed E-state index contributed by atoms with van der Waals surface area (Å²) in [5.74, 6) is -0.0924. The molecule has 152 valence electrons. The highest BCUT2D eigenvalue weighted by molar-refractivity contribution is 7.92. The van der Waals surface area contributed by atoms with E-state index in [9.17, 15) is 26.9 Å². The lowest BCUT2D eigenvalue weighted by atomic mass is 10.2. The van der Waals surface area contributed by atoms with Gasteiger partial charge in [0.1, 0.15) is 5.69 Å². The third-order valence-corrected chi connectivity index (χ3v) is 9.15. The molecule has 1 saturated heterocycles. The van der Waals surface area contributed by atoms with Crippen molar-refractivity contribution in [1.29, 1.82) is 0 Å². The van der Waals surface area contributed by atoms with E-state index in [0.717, 1.165) is 6.07 Å². The van der Waals surface area contributed by atoms with Crippen molar-refractivity contribution >= 4 is 31.2 Å². The summed E-state index contributed by atoms with van der Waals surface area (Å²) in [5.41, 5.74) is -0.0991. The smallest absolute Gasteiger partial charge is 0.293 e. The van der Waals surface area contributed by atoms with Crippen LogP contribution < -0.4 is 4.90 Å². The molecule has 0 aromatic heterocycles. The molecule has 0 amide bonds. The Bertz CT molecular complexity index is 910. The van der Waals surface area contributed by atoms with Crippen LogP contribution in [0.5, 0.6) is 0 Å². The molecule has 0 radical (unpaired) electrons. The third kappa shape index (κ3) is 4.41. The lowest BCUT2D eigenvalue weighted by Gasteiger charge is -2.23. The minimum absolute atomic E-state index is 0.0924. The minimum atomic E-state index is -3.82. The highest BCUT2D eigenvalue weighted by atomic mass is 32.2. The Kier molecular flexibility index (Phi) is 6.48. The van der Waals surface area contributed by atoms with Crippen molar-refractivity contribution in [2.45, 2.75) is 37.3 Å². The van der Waals surface area contributed by atoms with Crippen molar-refractivity contribution in [2.75, 3.05) is 36.8 Å². The average molecular weight is 420 g/mol. The maximum atomic E-state index is 12.7. The average Bonchev–Trinajstić information content (AvgIpc) is 2.74. The van der Waals surface area contributed by atoms with Crippen molar-refractivity contribution < 1.29 is 21.8 Å². The number of rotatable bonds is 6. The molecular weight excluding hydrogens is 394 g/mol. The van der Waals surface area contributed by atoms with Gasteiger partial charge in [0.2, 0.25) is 10.0 Å². The van der Waals surface area contributed by atoms with Crippen LogP contribution in [0.15, 0.2) is 23.1 Å². The Hall–Kier alpha value is -1.72. The summed E-state index contributed by atoms with van der Waals surface area (Å²) in [6.45, 7) is 6.03. The molecule has 9 nitrogen and oxygen atoms in total. The molecule has 1 heterocycles. The first kappa shape index (κ1) is 21.6. The zero-order valence-corrected chi connectivity index (χ0v) is 17.3. The molecule has 1 aliphatic rings. The summed E-state index contributed by atoms with van der Waals surface area (Å²) in [6.07, 6.45) is 0.360. The molecule has 1 aromatic carbocycles. The van der Waals surface area contributed by atoms with Gasteiger partial charge in [-0.3, -0.25) is 10.1 Å². The molecule has 1 aromatic rings. The van der Waals surface area contributed by atoms with Gasteiger partial charge in [0.15, 0.2) is 9.84 Å². The van der Waals surface area contributed by atoms with Crippen LogP contribution in [0, 0.1) is 10.1 Å². The van der Waals surface area contributed by atoms with E-state index >= 15 is 0 Å². The van der Waals surface area contributed by atoms with Crippen molar-refractivity contribution in [3.05, 3.63) is 28.3 Å². The lowest BCUT2D eigenvalue weighted by Crippen LogP contribution is -2.31. The van der Waals surface area contributed by atoms with Gasteiger partial charge in [0.05, 0.1) is 20.8 Å². The zero-order valence-electron chi connectivity index (χ0n) is 15.7. The van der Waals surface area contributed by atoms with E-state index in [2.05, 4.69) is 0 Å². The summed E-state index contributed by atoms with van der Waals surface area (Å²) < 4.78 is 50.7. The number of nitro benzene ring substituents is 1. The molecule has 0 saturated carbocycles. The first-order valence-electron chi connectivity index (χ1n) is 8.79. The van der Waals surface area contributed by atoms with Crippen molar-refractivity contribution in [3.63, 3.8) is 0 Å². The molecule has 1 fully saturated rings. The van der Waals surface area contributed by atoms with Gasteiger partial charge < -0.3 is 4.90 Å². The van der Waals surface area contributed by atoms with Gasteiger partial charge >= 0.3 is 0 Å². The molecule has 27 heavy (non-hydrogen) atoms. The maximum absolute atomic E-state index is 12.7. The second-order valence-corrected chi connectivity index (χ2v) is 10.9. The predicted octanol–water partition coefficient (Wildman–Crippen LogP) is 1.64. The van der Waals surface area contributed by atoms with Gasteiger partial charge in [0, 0.05) is 32.2 Å². The Morgan fingerprint density at radius 3 is 2.44 bits per heavy atom. The fourth-order valence-corrected chi connectivity index (χ4v) is 5.92. The molecule has 0 aliphatic carbocycles. The number of sulfonamides is 1. The molecular formula is C16H25N3O6S2. The summed E-state index contributed by atoms with van der Waals surface area (Å²) >= 11 is 0. The van der Waals surface area contributed by atoms with E-state index in [1.807, 2.05) is 0 Å². The quantitative estimate of drug-likeness (QED) is 0.508. The molecule has 0 unspecified atom stereocenters. The summed E-state index contributed by atoms with van der Waals surface area (Å²) in [6, 6.07) is 3.81. The molecule has 1 atom stereocenters. The lowest BCUT2D eigenvalue weighted by molar-refractivity contribution is -0.384. The number of hydrogen-bond donors (Lipinski definition) is 0. The third-order valence-electron chi connectivity index (χ3n) is 4.89. The normalized spacial score (nSPS) is 20.4. The Morgan fingerprint density at radius 1 is 1.26 bits per heavy atom. The van der Waals surface area contributed by atoms with E-state index < -0.39 is 30.0 Å². The molecule has 11 heteroatoms. The molecule has 2 rings (SSSR count). The number of benzene rings is 1. The van der Waals surface area contributed by atoms with Crippen LogP contribution in [0.25, 0.3) is 0 Å². The monoisotopic (exact) mass is 419 g/mol. The summed E-state index contributed by atoms with van der Waals surface area (Å²) in [7, 11) is -7.06. The van der Waals surface area contributed by atoms with E-state index in [4.69, 9.17) is 0 Å². The van der Waals surface area contributed by atoms with Crippen LogP contribution in [0.1, 0.15) is 27.2 Å². The zero-order chi connectivity index (χ0) is 20.4. The van der Waals surface area contributed by atoms with Crippen molar-refractivity contribution in [1.82, 2.24) is 4.31 Å². The van der Waals surface area contributed by atoms with Crippen LogP contribution in [0.2, 0.25) is 0 Å². The molecule has 1 aliphatic heterocycles. The number of hydrogen-bond acceptors (Lipinski definition) is 7. The van der Waals surface area contributed by atoms with E-state index in [1.54, 1.807) is 25.7 Å². The fourth-order valence-electron chi connectivity index (χ4n) is 3.10. The largest absolute Gasteiger partial charge is 0.365 e. The maximum Gasteiger partial charge on any atom is 0.293 e. The molecule has 0 spiro atoms. The summed E-state index contributed by atoms with van der Waals surface area (Å²) in [5, 5.41) is 11.1. The highest BCUT2D eigenvalue weighted by Gasteiger charge is 2.31. The van der Waals surface area contributed by atoms with Crippen LogP contribution >= 0.6 is 0 Å². The number of nitrogens with zero attached hydrogens (tertiary/aromatic N) is 3. The number of sulfone groups is 1. The van der Waals surface area contributed by atoms with E-state index in [0.29, 0.717) is 13.0 Å². The van der Waals surface area contributed by atoms with Crippen LogP contribution in [-0.4, -0.2) is 63.2 Å². The number of anilines is 1. The Morgan fingerprint density at radius 2 is 1.89 bits per heavy atom. The van der Waals surface area contributed by atoms with Gasteiger partial charge in [-0.15, -0.1) is 0 Å². The highest BCUT2D eigenvalue weighted by Crippen LogP contribution is 2.33.